The zero-order valence-electron chi connectivity index (χ0n) is 10.7. The Bertz CT molecular complexity index is 620. The molecule has 0 saturated heterocycles. The van der Waals surface area contributed by atoms with Gasteiger partial charge in [0.15, 0.2) is 5.69 Å². The van der Waals surface area contributed by atoms with E-state index in [1.54, 1.807) is 6.08 Å². The van der Waals surface area contributed by atoms with Gasteiger partial charge in [-0.05, 0) is 19.1 Å². The Labute approximate surface area is 112 Å². The minimum absolute atomic E-state index is 0.0625. The highest BCUT2D eigenvalue weighted by Crippen LogP contribution is 2.18. The molecule has 1 aliphatic rings. The molecule has 2 aromatic carbocycles. The van der Waals surface area contributed by atoms with Crippen LogP contribution in [0.25, 0.3) is 0 Å². The normalized spacial score (nSPS) is 18.6. The summed E-state index contributed by atoms with van der Waals surface area (Å²) < 4.78 is 0. The first-order valence-electron chi connectivity index (χ1n) is 6.27. The van der Waals surface area contributed by atoms with Gasteiger partial charge < -0.3 is 0 Å². The second-order valence-electron chi connectivity index (χ2n) is 4.54. The second kappa shape index (κ2) is 4.71. The SMILES string of the molecule is CC1=CC(=O)[NH+](c2ccccc2)N1c1ccccc1. The number of hydrogen-bond donors (Lipinski definition) is 1. The number of para-hydroxylation sites is 2. The molecule has 0 saturated carbocycles. The van der Waals surface area contributed by atoms with E-state index in [-0.39, 0.29) is 5.91 Å². The molecule has 1 atom stereocenters. The number of quaternary nitrogens is 1. The average molecular weight is 251 g/mol. The fraction of sp³-hybridized carbons (Fsp3) is 0.0625. The summed E-state index contributed by atoms with van der Waals surface area (Å²) >= 11 is 0. The summed E-state index contributed by atoms with van der Waals surface area (Å²) in [5, 5.41) is 2.74. The molecule has 0 aliphatic carbocycles. The molecule has 0 fully saturated rings. The van der Waals surface area contributed by atoms with Crippen LogP contribution in [0.1, 0.15) is 6.92 Å². The Morgan fingerprint density at radius 3 is 2.11 bits per heavy atom. The minimum Gasteiger partial charge on any atom is -0.223 e. The summed E-state index contributed by atoms with van der Waals surface area (Å²) in [6, 6.07) is 19.8. The van der Waals surface area contributed by atoms with E-state index in [4.69, 9.17) is 0 Å². The molecule has 2 aromatic rings. The molecule has 0 spiro atoms. The zero-order chi connectivity index (χ0) is 13.2. The van der Waals surface area contributed by atoms with E-state index in [1.807, 2.05) is 72.6 Å². The Hall–Kier alpha value is -2.39. The van der Waals surface area contributed by atoms with Gasteiger partial charge in [0, 0.05) is 12.1 Å². The predicted octanol–water partition coefficient (Wildman–Crippen LogP) is 2.07. The number of allylic oxidation sites excluding steroid dienone is 1. The van der Waals surface area contributed by atoms with Gasteiger partial charge in [0.1, 0.15) is 0 Å². The summed E-state index contributed by atoms with van der Waals surface area (Å²) in [6.45, 7) is 1.96. The molecule has 0 aromatic heterocycles. The van der Waals surface area contributed by atoms with Crippen molar-refractivity contribution in [1.29, 1.82) is 0 Å². The maximum absolute atomic E-state index is 12.2. The molecular weight excluding hydrogens is 236 g/mol. The molecule has 19 heavy (non-hydrogen) atoms. The van der Waals surface area contributed by atoms with Crippen molar-refractivity contribution in [2.75, 3.05) is 5.01 Å². The molecule has 3 rings (SSSR count). The zero-order valence-corrected chi connectivity index (χ0v) is 10.7. The standard InChI is InChI=1S/C16H14N2O/c1-13-12-16(19)18(15-10-6-3-7-11-15)17(13)14-8-4-2-5-9-14/h2-12H,1H3/p+1. The lowest BCUT2D eigenvalue weighted by molar-refractivity contribution is -0.748. The van der Waals surface area contributed by atoms with Crippen LogP contribution < -0.4 is 10.0 Å². The van der Waals surface area contributed by atoms with Crippen LogP contribution in [0.4, 0.5) is 11.4 Å². The minimum atomic E-state index is 0.0625. The van der Waals surface area contributed by atoms with E-state index in [9.17, 15) is 4.79 Å². The average Bonchev–Trinajstić information content (AvgIpc) is 2.75. The molecule has 1 unspecified atom stereocenters. The van der Waals surface area contributed by atoms with Gasteiger partial charge in [-0.3, -0.25) is 0 Å². The summed E-state index contributed by atoms with van der Waals surface area (Å²) in [5.41, 5.74) is 2.92. The number of anilines is 1. The van der Waals surface area contributed by atoms with Crippen LogP contribution in [0.15, 0.2) is 72.4 Å². The predicted molar refractivity (Wildman–Crippen MR) is 74.7 cm³/mol. The first kappa shape index (κ1) is 11.7. The molecule has 0 radical (unpaired) electrons. The number of rotatable bonds is 2. The monoisotopic (exact) mass is 251 g/mol. The molecule has 3 heteroatoms. The van der Waals surface area contributed by atoms with Gasteiger partial charge in [0.2, 0.25) is 0 Å². The molecule has 1 heterocycles. The number of benzene rings is 2. The number of carbonyl (C=O) groups excluding carboxylic acids is 1. The van der Waals surface area contributed by atoms with Crippen molar-refractivity contribution in [2.24, 2.45) is 0 Å². The first-order valence-corrected chi connectivity index (χ1v) is 6.27. The summed E-state index contributed by atoms with van der Waals surface area (Å²) in [6.07, 6.45) is 1.69. The molecule has 3 nitrogen and oxygen atoms in total. The molecular formula is C16H15N2O+. The highest BCUT2D eigenvalue weighted by molar-refractivity contribution is 5.86. The van der Waals surface area contributed by atoms with Gasteiger partial charge in [0.05, 0.1) is 17.5 Å². The fourth-order valence-electron chi connectivity index (χ4n) is 2.39. The van der Waals surface area contributed by atoms with Crippen LogP contribution >= 0.6 is 0 Å². The number of nitrogens with zero attached hydrogens (tertiary/aromatic N) is 1. The van der Waals surface area contributed by atoms with E-state index in [1.165, 1.54) is 0 Å². The Balaban J connectivity index is 2.06. The van der Waals surface area contributed by atoms with Crippen molar-refractivity contribution >= 4 is 17.3 Å². The van der Waals surface area contributed by atoms with E-state index < -0.39 is 0 Å². The van der Waals surface area contributed by atoms with Crippen molar-refractivity contribution in [3.8, 4) is 0 Å². The molecule has 94 valence electrons. The van der Waals surface area contributed by atoms with Crippen LogP contribution in [0.2, 0.25) is 0 Å². The highest BCUT2D eigenvalue weighted by atomic mass is 16.2. The van der Waals surface area contributed by atoms with Gasteiger partial charge in [-0.25, -0.2) is 4.79 Å². The van der Waals surface area contributed by atoms with Crippen LogP contribution in [0, 0.1) is 0 Å². The lowest BCUT2D eigenvalue weighted by Crippen LogP contribution is -3.15. The van der Waals surface area contributed by atoms with Crippen molar-refractivity contribution in [3.05, 3.63) is 72.4 Å². The third kappa shape index (κ3) is 2.04. The maximum Gasteiger partial charge on any atom is 0.368 e. The Morgan fingerprint density at radius 2 is 1.47 bits per heavy atom. The van der Waals surface area contributed by atoms with Crippen molar-refractivity contribution in [1.82, 2.24) is 0 Å². The molecule has 1 N–H and O–H groups in total. The van der Waals surface area contributed by atoms with Crippen LogP contribution in [-0.2, 0) is 4.79 Å². The third-order valence-electron chi connectivity index (χ3n) is 3.21. The first-order chi connectivity index (χ1) is 9.27. The highest BCUT2D eigenvalue weighted by Gasteiger charge is 2.36. The van der Waals surface area contributed by atoms with Crippen molar-refractivity contribution in [3.63, 3.8) is 0 Å². The van der Waals surface area contributed by atoms with Crippen molar-refractivity contribution in [2.45, 2.75) is 6.92 Å². The van der Waals surface area contributed by atoms with Crippen LogP contribution in [0.5, 0.6) is 0 Å². The van der Waals surface area contributed by atoms with Gasteiger partial charge in [-0.15, -0.1) is 5.01 Å². The van der Waals surface area contributed by atoms with E-state index in [0.717, 1.165) is 22.1 Å². The number of carbonyl (C=O) groups is 1. The second-order valence-corrected chi connectivity index (χ2v) is 4.54. The van der Waals surface area contributed by atoms with Gasteiger partial charge >= 0.3 is 5.91 Å². The van der Waals surface area contributed by atoms with Crippen molar-refractivity contribution < 1.29 is 9.80 Å². The topological polar surface area (TPSA) is 24.8 Å². The smallest absolute Gasteiger partial charge is 0.223 e. The Kier molecular flexibility index (Phi) is 2.89. The third-order valence-corrected chi connectivity index (χ3v) is 3.21. The van der Waals surface area contributed by atoms with Crippen LogP contribution in [0.3, 0.4) is 0 Å². The lowest BCUT2D eigenvalue weighted by atomic mass is 10.3. The molecule has 0 bridgehead atoms. The quantitative estimate of drug-likeness (QED) is 0.883. The Morgan fingerprint density at radius 1 is 0.895 bits per heavy atom. The van der Waals surface area contributed by atoms with Gasteiger partial charge in [0.25, 0.3) is 0 Å². The summed E-state index contributed by atoms with van der Waals surface area (Å²) in [7, 11) is 0. The fourth-order valence-corrected chi connectivity index (χ4v) is 2.39. The molecule has 1 aliphatic heterocycles. The van der Waals surface area contributed by atoms with E-state index in [2.05, 4.69) is 0 Å². The van der Waals surface area contributed by atoms with Crippen LogP contribution in [-0.4, -0.2) is 5.91 Å². The largest absolute Gasteiger partial charge is 0.368 e. The van der Waals surface area contributed by atoms with Gasteiger partial charge in [-0.2, -0.15) is 5.01 Å². The van der Waals surface area contributed by atoms with E-state index >= 15 is 0 Å². The maximum atomic E-state index is 12.2. The number of hydrogen-bond acceptors (Lipinski definition) is 2. The van der Waals surface area contributed by atoms with E-state index in [0.29, 0.717) is 0 Å². The lowest BCUT2D eigenvalue weighted by Gasteiger charge is -2.25. The summed E-state index contributed by atoms with van der Waals surface area (Å²) in [5.74, 6) is 0.0625. The molecule has 1 amide bonds. The number of nitrogens with one attached hydrogen (secondary N) is 1. The van der Waals surface area contributed by atoms with Gasteiger partial charge in [-0.1, -0.05) is 36.4 Å². The summed E-state index contributed by atoms with van der Waals surface area (Å²) in [4.78, 5) is 12.2. The number of amides is 1.